The first-order chi connectivity index (χ1) is 8.93. The summed E-state index contributed by atoms with van der Waals surface area (Å²) in [5.74, 6) is 1.27. The summed E-state index contributed by atoms with van der Waals surface area (Å²) in [5.41, 5.74) is 4.55. The fraction of sp³-hybridized carbons (Fsp3) is 0.333. The zero-order chi connectivity index (χ0) is 14.2. The van der Waals surface area contributed by atoms with E-state index in [1.165, 1.54) is 5.56 Å². The number of ether oxygens (including phenoxy) is 1. The minimum Gasteiger partial charge on any atom is -0.438 e. The van der Waals surface area contributed by atoms with Gasteiger partial charge in [0.1, 0.15) is 17.4 Å². The van der Waals surface area contributed by atoms with E-state index in [2.05, 4.69) is 24.2 Å². The van der Waals surface area contributed by atoms with Crippen LogP contribution < -0.4 is 4.74 Å². The molecular weight excluding hydrogens is 238 g/mol. The van der Waals surface area contributed by atoms with Crippen molar-refractivity contribution in [2.75, 3.05) is 0 Å². The van der Waals surface area contributed by atoms with Gasteiger partial charge in [-0.3, -0.25) is 0 Å². The highest BCUT2D eigenvalue weighted by molar-refractivity contribution is 5.48. The Balaban J connectivity index is 2.51. The van der Waals surface area contributed by atoms with Gasteiger partial charge in [-0.1, -0.05) is 6.07 Å². The molecule has 0 fully saturated rings. The van der Waals surface area contributed by atoms with Crippen LogP contribution in [0, 0.1) is 39.0 Å². The molecule has 0 bridgehead atoms. The number of rotatable bonds is 2. The molecule has 0 aliphatic carbocycles. The normalized spacial score (nSPS) is 10.3. The van der Waals surface area contributed by atoms with E-state index in [1.807, 2.05) is 19.9 Å². The molecule has 4 heteroatoms. The topological polar surface area (TPSA) is 50.8 Å². The number of aromatic nitrogens is 2. The maximum Gasteiger partial charge on any atom is 0.235 e. The first-order valence-corrected chi connectivity index (χ1v) is 6.13. The second-order valence-electron chi connectivity index (χ2n) is 4.81. The lowest BCUT2D eigenvalue weighted by atomic mass is 10.1. The van der Waals surface area contributed by atoms with Gasteiger partial charge in [-0.15, -0.1) is 0 Å². The molecule has 19 heavy (non-hydrogen) atoms. The van der Waals surface area contributed by atoms with E-state index in [-0.39, 0.29) is 0 Å². The second-order valence-corrected chi connectivity index (χ2v) is 4.81. The molecule has 0 saturated carbocycles. The third-order valence-corrected chi connectivity index (χ3v) is 3.25. The molecular formula is C15H17N3O. The molecule has 0 aliphatic rings. The van der Waals surface area contributed by atoms with Crippen LogP contribution in [0.15, 0.2) is 12.1 Å². The summed E-state index contributed by atoms with van der Waals surface area (Å²) in [6.45, 7) is 7.90. The molecule has 0 aliphatic heterocycles. The van der Waals surface area contributed by atoms with Gasteiger partial charge in [0.05, 0.1) is 5.69 Å². The number of hydrogen-bond donors (Lipinski definition) is 0. The summed E-state index contributed by atoms with van der Waals surface area (Å²) in [7, 11) is 1.78. The quantitative estimate of drug-likeness (QED) is 0.827. The highest BCUT2D eigenvalue weighted by Gasteiger charge is 2.16. The maximum atomic E-state index is 9.19. The fourth-order valence-electron chi connectivity index (χ4n) is 2.09. The van der Waals surface area contributed by atoms with Crippen molar-refractivity contribution in [3.05, 3.63) is 40.1 Å². The average molecular weight is 255 g/mol. The van der Waals surface area contributed by atoms with Gasteiger partial charge in [0.15, 0.2) is 0 Å². The zero-order valence-corrected chi connectivity index (χ0v) is 11.9. The van der Waals surface area contributed by atoms with Crippen molar-refractivity contribution in [1.82, 2.24) is 9.78 Å². The Hall–Kier alpha value is -2.28. The van der Waals surface area contributed by atoms with Crippen molar-refractivity contribution in [2.45, 2.75) is 27.7 Å². The van der Waals surface area contributed by atoms with Crippen LogP contribution in [0.5, 0.6) is 11.6 Å². The summed E-state index contributed by atoms with van der Waals surface area (Å²) in [4.78, 5) is 0. The smallest absolute Gasteiger partial charge is 0.235 e. The van der Waals surface area contributed by atoms with Crippen LogP contribution in [0.4, 0.5) is 0 Å². The summed E-state index contributed by atoms with van der Waals surface area (Å²) in [5, 5.41) is 13.4. The largest absolute Gasteiger partial charge is 0.438 e. The lowest BCUT2D eigenvalue weighted by Gasteiger charge is -2.12. The number of hydrogen-bond acceptors (Lipinski definition) is 3. The molecule has 1 aromatic carbocycles. The van der Waals surface area contributed by atoms with E-state index in [0.717, 1.165) is 16.9 Å². The van der Waals surface area contributed by atoms with Crippen molar-refractivity contribution in [2.24, 2.45) is 7.05 Å². The van der Waals surface area contributed by atoms with Gasteiger partial charge in [0, 0.05) is 7.05 Å². The third kappa shape index (κ3) is 2.32. The third-order valence-electron chi connectivity index (χ3n) is 3.25. The molecule has 4 nitrogen and oxygen atoms in total. The van der Waals surface area contributed by atoms with Gasteiger partial charge < -0.3 is 4.74 Å². The summed E-state index contributed by atoms with van der Waals surface area (Å²) in [6.07, 6.45) is 0. The van der Waals surface area contributed by atoms with Crippen LogP contribution in [0.3, 0.4) is 0 Å². The molecule has 1 heterocycles. The van der Waals surface area contributed by atoms with E-state index >= 15 is 0 Å². The van der Waals surface area contributed by atoms with Crippen molar-refractivity contribution < 1.29 is 4.74 Å². The Morgan fingerprint density at radius 2 is 1.89 bits per heavy atom. The molecule has 0 spiro atoms. The predicted molar refractivity (Wildman–Crippen MR) is 73.4 cm³/mol. The van der Waals surface area contributed by atoms with E-state index in [0.29, 0.717) is 17.1 Å². The molecule has 2 rings (SSSR count). The summed E-state index contributed by atoms with van der Waals surface area (Å²) >= 11 is 0. The molecule has 0 N–H and O–H groups in total. The SMILES string of the molecule is Cc1cc(C)c(C)c(Oc2c(C#N)c(C)nn2C)c1. The van der Waals surface area contributed by atoms with E-state index in [1.54, 1.807) is 18.7 Å². The van der Waals surface area contributed by atoms with Gasteiger partial charge >= 0.3 is 0 Å². The zero-order valence-electron chi connectivity index (χ0n) is 11.9. The lowest BCUT2D eigenvalue weighted by molar-refractivity contribution is 0.426. The minimum atomic E-state index is 0.487. The highest BCUT2D eigenvalue weighted by Crippen LogP contribution is 2.31. The van der Waals surface area contributed by atoms with Gasteiger partial charge in [-0.05, 0) is 50.5 Å². The van der Waals surface area contributed by atoms with E-state index in [9.17, 15) is 5.26 Å². The highest BCUT2D eigenvalue weighted by atomic mass is 16.5. The molecule has 0 atom stereocenters. The summed E-state index contributed by atoms with van der Waals surface area (Å²) in [6, 6.07) is 6.24. The van der Waals surface area contributed by atoms with Gasteiger partial charge in [-0.25, -0.2) is 4.68 Å². The number of nitriles is 1. The van der Waals surface area contributed by atoms with Crippen LogP contribution in [-0.2, 0) is 7.05 Å². The van der Waals surface area contributed by atoms with Crippen LogP contribution in [0.2, 0.25) is 0 Å². The predicted octanol–water partition coefficient (Wildman–Crippen LogP) is 3.32. The van der Waals surface area contributed by atoms with Crippen LogP contribution in [0.1, 0.15) is 27.9 Å². The molecule has 2 aromatic rings. The lowest BCUT2D eigenvalue weighted by Crippen LogP contribution is -1.98. The standard InChI is InChI=1S/C15H17N3O/c1-9-6-10(2)11(3)14(7-9)19-15-13(8-16)12(4)17-18(15)5/h6-7H,1-5H3. The Bertz CT molecular complexity index is 678. The summed E-state index contributed by atoms with van der Waals surface area (Å²) < 4.78 is 7.52. The Morgan fingerprint density at radius 1 is 1.21 bits per heavy atom. The molecule has 0 radical (unpaired) electrons. The van der Waals surface area contributed by atoms with Crippen molar-refractivity contribution >= 4 is 0 Å². The first-order valence-electron chi connectivity index (χ1n) is 6.13. The van der Waals surface area contributed by atoms with E-state index < -0.39 is 0 Å². The number of nitrogens with zero attached hydrogens (tertiary/aromatic N) is 3. The number of benzene rings is 1. The van der Waals surface area contributed by atoms with Crippen molar-refractivity contribution in [3.8, 4) is 17.7 Å². The fourth-order valence-corrected chi connectivity index (χ4v) is 2.09. The second kappa shape index (κ2) is 4.77. The van der Waals surface area contributed by atoms with Gasteiger partial charge in [-0.2, -0.15) is 10.4 Å². The van der Waals surface area contributed by atoms with E-state index in [4.69, 9.17) is 4.74 Å². The average Bonchev–Trinajstić information content (AvgIpc) is 2.60. The molecule has 0 unspecified atom stereocenters. The van der Waals surface area contributed by atoms with Crippen LogP contribution >= 0.6 is 0 Å². The van der Waals surface area contributed by atoms with Gasteiger partial charge in [0.2, 0.25) is 5.88 Å². The van der Waals surface area contributed by atoms with Crippen LogP contribution in [-0.4, -0.2) is 9.78 Å². The first kappa shape index (κ1) is 13.2. The van der Waals surface area contributed by atoms with Crippen LogP contribution in [0.25, 0.3) is 0 Å². The molecule has 0 saturated heterocycles. The number of aryl methyl sites for hydroxylation is 4. The maximum absolute atomic E-state index is 9.19. The van der Waals surface area contributed by atoms with Crippen molar-refractivity contribution in [3.63, 3.8) is 0 Å². The molecule has 0 amide bonds. The van der Waals surface area contributed by atoms with Crippen molar-refractivity contribution in [1.29, 1.82) is 5.26 Å². The Morgan fingerprint density at radius 3 is 2.53 bits per heavy atom. The minimum absolute atomic E-state index is 0.487. The molecule has 1 aromatic heterocycles. The monoisotopic (exact) mass is 255 g/mol. The van der Waals surface area contributed by atoms with Gasteiger partial charge in [0.25, 0.3) is 0 Å². The molecule has 98 valence electrons. The Kier molecular flexibility index (Phi) is 3.30. The Labute approximate surface area is 113 Å².